The molecule has 20 nitrogen and oxygen atoms in total. The lowest BCUT2D eigenvalue weighted by Gasteiger charge is -2.48. The number of carbonyl (C=O) groups is 4. The number of nitrogens with zero attached hydrogens (tertiary/aromatic N) is 3. The van der Waals surface area contributed by atoms with Crippen molar-refractivity contribution in [2.24, 2.45) is 52.5 Å². The molecule has 464 valence electrons. The summed E-state index contributed by atoms with van der Waals surface area (Å²) in [4.78, 5) is 69.4. The number of allylic oxidation sites excluding steroid dienone is 1. The molecule has 3 N–H and O–H groups in total. The number of esters is 2. The monoisotopic (exact) mass is 1150 g/mol. The van der Waals surface area contributed by atoms with Gasteiger partial charge in [0.05, 0.1) is 55.2 Å². The third-order valence-electron chi connectivity index (χ3n) is 17.9. The Bertz CT molecular complexity index is 2170. The highest BCUT2D eigenvalue weighted by molar-refractivity contribution is 6.03. The van der Waals surface area contributed by atoms with Crippen LogP contribution in [0, 0.1) is 47.3 Å². The van der Waals surface area contributed by atoms with Crippen LogP contribution in [-0.4, -0.2) is 193 Å². The van der Waals surface area contributed by atoms with Gasteiger partial charge in [-0.05, 0) is 122 Å². The van der Waals surface area contributed by atoms with Crippen LogP contribution in [0.1, 0.15) is 149 Å². The first kappa shape index (κ1) is 68.1. The van der Waals surface area contributed by atoms with Gasteiger partial charge in [-0.1, -0.05) is 67.1 Å². The van der Waals surface area contributed by atoms with Gasteiger partial charge >= 0.3 is 18.0 Å². The number of amides is 1. The fourth-order valence-electron chi connectivity index (χ4n) is 13.7. The molecule has 22 atom stereocenters. The first-order valence-electron chi connectivity index (χ1n) is 29.9. The zero-order valence-electron chi connectivity index (χ0n) is 52.1. The highest BCUT2D eigenvalue weighted by Crippen LogP contribution is 2.45. The summed E-state index contributed by atoms with van der Waals surface area (Å²) in [7, 11) is 4.22. The van der Waals surface area contributed by atoms with Crippen molar-refractivity contribution in [1.82, 2.24) is 9.80 Å². The van der Waals surface area contributed by atoms with E-state index in [1.807, 2.05) is 61.5 Å². The highest BCUT2D eigenvalue weighted by atomic mass is 16.7. The fraction of sp³-hybridized carbons (Fsp3) is 0.852. The van der Waals surface area contributed by atoms with E-state index in [0.29, 0.717) is 25.0 Å². The average Bonchev–Trinajstić information content (AvgIpc) is 3.53. The van der Waals surface area contributed by atoms with Crippen LogP contribution in [-0.2, 0) is 61.9 Å². The minimum Gasteiger partial charge on any atom is -0.492 e. The SMILES string of the molecule is C=C1C(=O)[C@@](C)(OC(=O)N2C[C@@H](C)O[C@@H](C)C2)C[C@H](C)[C@H](/C=C2\O[C@H](C)C/C(=N\OC)[C@H]2O)[C@@H](C)[C@H](C[C@H]2CC(C)N(CC)C[C@H](C)O2)[C@@H](C)C(=O)O[C@H](C(C)CCC2(O)O[C@H](C)[C@@H](O)[C@@H](OC)[C@H]2OC)[C@H](C)[C@H]1OC(=O)CC(C)C. The van der Waals surface area contributed by atoms with Crippen LogP contribution >= 0.6 is 0 Å². The zero-order valence-corrected chi connectivity index (χ0v) is 52.1. The van der Waals surface area contributed by atoms with Crippen LogP contribution < -0.4 is 0 Å². The second-order valence-corrected chi connectivity index (χ2v) is 25.3. The molecule has 5 heterocycles. The van der Waals surface area contributed by atoms with Gasteiger partial charge in [0.2, 0.25) is 5.78 Å². The number of likely N-dealkylation sites (N-methyl/N-ethyl adjacent to an activating group) is 1. The summed E-state index contributed by atoms with van der Waals surface area (Å²) in [5, 5.41) is 39.4. The molecule has 0 aromatic carbocycles. The van der Waals surface area contributed by atoms with E-state index in [0.717, 1.165) is 13.1 Å². The second kappa shape index (κ2) is 29.4. The van der Waals surface area contributed by atoms with E-state index in [2.05, 4.69) is 44.3 Å². The molecular formula is C61H103N3O17. The van der Waals surface area contributed by atoms with E-state index in [-0.39, 0.29) is 86.5 Å². The van der Waals surface area contributed by atoms with Crippen molar-refractivity contribution in [2.45, 2.75) is 239 Å². The molecule has 5 aliphatic heterocycles. The number of carbonyl (C=O) groups excluding carboxylic acids is 4. The molecule has 20 heteroatoms. The van der Waals surface area contributed by atoms with Gasteiger partial charge in [-0.2, -0.15) is 0 Å². The van der Waals surface area contributed by atoms with Crippen LogP contribution in [0.15, 0.2) is 29.1 Å². The maximum absolute atomic E-state index is 16.0. The van der Waals surface area contributed by atoms with E-state index in [4.69, 9.17) is 47.5 Å². The Balaban J connectivity index is 1.76. The third-order valence-corrected chi connectivity index (χ3v) is 17.9. The number of Topliss-reactive ketones (excluding diaryl/α,β-unsaturated/α-hetero) is 1. The van der Waals surface area contributed by atoms with Gasteiger partial charge in [-0.3, -0.25) is 19.3 Å². The summed E-state index contributed by atoms with van der Waals surface area (Å²) in [5.41, 5.74) is -1.78. The molecule has 0 aromatic heterocycles. The zero-order chi connectivity index (χ0) is 60.6. The summed E-state index contributed by atoms with van der Waals surface area (Å²) < 4.78 is 56.6. The van der Waals surface area contributed by atoms with Crippen LogP contribution in [0.25, 0.3) is 0 Å². The predicted octanol–water partition coefficient (Wildman–Crippen LogP) is 7.41. The standard InChI is InChI=1S/C61H103N3O17/c1-20-63-29-39(10)76-45(24-35(63)6)26-47-40(11)46(27-49-52(67)48(62-74-19)25-36(7)77-49)34(5)28-60(16,81-59(70)64-30-37(8)75-38(9)31-64)56(68)43(14)54(78-50(65)23-32(2)3)42(13)53(79-58(69)41(47)12)33(4)21-22-61(71)57(73-18)55(72-17)51(66)44(15)80-61/h27,32-42,44-47,51-55,57,66-67,71H,14,20-26,28-31H2,1-13,15-19H3/b49-27-,62-48+/t33?,34-,35?,36+,37-,38+,39-,40+,41+,42-,44+,45+,46-,47-,51+,52+,53+,54+,55+,57+,60-,61?/m0/s1. The molecule has 0 bridgehead atoms. The Labute approximate surface area is 483 Å². The number of ketones is 1. The van der Waals surface area contributed by atoms with Crippen molar-refractivity contribution < 1.29 is 82.0 Å². The summed E-state index contributed by atoms with van der Waals surface area (Å²) in [6, 6.07) is 0.156. The lowest BCUT2D eigenvalue weighted by molar-refractivity contribution is -0.352. The maximum atomic E-state index is 16.0. The van der Waals surface area contributed by atoms with E-state index in [1.165, 1.54) is 26.2 Å². The molecule has 81 heavy (non-hydrogen) atoms. The molecule has 0 aliphatic carbocycles. The van der Waals surface area contributed by atoms with Crippen LogP contribution in [0.4, 0.5) is 4.79 Å². The second-order valence-electron chi connectivity index (χ2n) is 25.3. The number of aliphatic hydroxyl groups is 3. The number of oxime groups is 1. The first-order chi connectivity index (χ1) is 37.9. The molecule has 1 amide bonds. The summed E-state index contributed by atoms with van der Waals surface area (Å²) in [6.07, 6.45) is -6.85. The minimum atomic E-state index is -1.97. The lowest BCUT2D eigenvalue weighted by Crippen LogP contribution is -2.65. The van der Waals surface area contributed by atoms with Crippen molar-refractivity contribution in [3.8, 4) is 0 Å². The van der Waals surface area contributed by atoms with Gasteiger partial charge in [0.25, 0.3) is 0 Å². The number of ether oxygens (including phenoxy) is 9. The Kier molecular flexibility index (Phi) is 24.7. The van der Waals surface area contributed by atoms with Crippen LogP contribution in [0.3, 0.4) is 0 Å². The number of cyclic esters (lactones) is 1. The van der Waals surface area contributed by atoms with Gasteiger partial charge in [-0.25, -0.2) is 4.79 Å². The third kappa shape index (κ3) is 16.8. The topological polar surface area (TPSA) is 240 Å². The molecule has 0 aromatic rings. The molecule has 5 fully saturated rings. The molecular weight excluding hydrogens is 1050 g/mol. The van der Waals surface area contributed by atoms with Gasteiger partial charge in [-0.15, -0.1) is 0 Å². The lowest BCUT2D eigenvalue weighted by atomic mass is 9.67. The normalized spacial score (nSPS) is 41.4. The Morgan fingerprint density at radius 3 is 2.12 bits per heavy atom. The fourth-order valence-corrected chi connectivity index (χ4v) is 13.7. The van der Waals surface area contributed by atoms with Crippen molar-refractivity contribution in [2.75, 3.05) is 47.5 Å². The number of methoxy groups -OCH3 is 2. The molecule has 0 spiro atoms. The van der Waals surface area contributed by atoms with Crippen molar-refractivity contribution in [1.29, 1.82) is 0 Å². The minimum absolute atomic E-state index is 0.0123. The van der Waals surface area contributed by atoms with Crippen molar-refractivity contribution >= 4 is 29.5 Å². The molecule has 0 saturated carbocycles. The Morgan fingerprint density at radius 1 is 0.889 bits per heavy atom. The van der Waals surface area contributed by atoms with E-state index in [1.54, 1.807) is 20.8 Å². The van der Waals surface area contributed by atoms with Crippen LogP contribution in [0.5, 0.6) is 0 Å². The largest absolute Gasteiger partial charge is 0.492 e. The maximum Gasteiger partial charge on any atom is 0.410 e. The summed E-state index contributed by atoms with van der Waals surface area (Å²) in [6.45, 7) is 34.7. The smallest absolute Gasteiger partial charge is 0.410 e. The summed E-state index contributed by atoms with van der Waals surface area (Å²) >= 11 is 0. The quantitative estimate of drug-likeness (QED) is 0.0626. The summed E-state index contributed by atoms with van der Waals surface area (Å²) in [5.74, 6) is -8.30. The first-order valence-corrected chi connectivity index (χ1v) is 29.9. The molecule has 5 rings (SSSR count). The number of hydrogen-bond donors (Lipinski definition) is 3. The average molecular weight is 1150 g/mol. The van der Waals surface area contributed by atoms with Crippen LogP contribution in [0.2, 0.25) is 0 Å². The number of aliphatic hydroxyl groups excluding tert-OH is 2. The van der Waals surface area contributed by atoms with Gasteiger partial charge in [0, 0.05) is 57.6 Å². The van der Waals surface area contributed by atoms with E-state index >= 15 is 9.59 Å². The number of morpholine rings is 1. The molecule has 5 saturated heterocycles. The highest BCUT2D eigenvalue weighted by Gasteiger charge is 2.55. The Hall–Kier alpha value is -3.73. The van der Waals surface area contributed by atoms with Gasteiger partial charge in [0.15, 0.2) is 17.5 Å². The van der Waals surface area contributed by atoms with Gasteiger partial charge in [0.1, 0.15) is 49.5 Å². The van der Waals surface area contributed by atoms with Gasteiger partial charge < -0.3 is 67.7 Å². The van der Waals surface area contributed by atoms with E-state index < -0.39 is 125 Å². The number of rotatable bonds is 15. The number of hydrogen-bond acceptors (Lipinski definition) is 19. The molecule has 3 unspecified atom stereocenters. The Morgan fingerprint density at radius 2 is 1.53 bits per heavy atom. The van der Waals surface area contributed by atoms with Crippen molar-refractivity contribution in [3.05, 3.63) is 24.0 Å². The molecule has 0 radical (unpaired) electrons. The van der Waals surface area contributed by atoms with Crippen molar-refractivity contribution in [3.63, 3.8) is 0 Å². The predicted molar refractivity (Wildman–Crippen MR) is 304 cm³/mol. The van der Waals surface area contributed by atoms with E-state index in [9.17, 15) is 24.9 Å². The molecule has 5 aliphatic rings.